The fourth-order valence-corrected chi connectivity index (χ4v) is 4.70. The number of carbonyl (C=O) groups is 2. The largest absolute Gasteiger partial charge is 0.368 e. The maximum atomic E-state index is 13.0. The molecule has 2 aliphatic heterocycles. The van der Waals surface area contributed by atoms with Crippen LogP contribution in [0.1, 0.15) is 22.8 Å². The summed E-state index contributed by atoms with van der Waals surface area (Å²) in [5, 5.41) is 0. The molecule has 3 aromatic carbocycles. The minimum absolute atomic E-state index is 0.0870. The van der Waals surface area contributed by atoms with Crippen molar-refractivity contribution in [3.63, 3.8) is 0 Å². The number of hydrogen-bond acceptors (Lipinski definition) is 3. The van der Waals surface area contributed by atoms with E-state index in [2.05, 4.69) is 41.3 Å². The van der Waals surface area contributed by atoms with Gasteiger partial charge in [0.2, 0.25) is 5.91 Å². The van der Waals surface area contributed by atoms with E-state index in [9.17, 15) is 9.59 Å². The molecule has 5 nitrogen and oxygen atoms in total. The molecule has 0 aromatic heterocycles. The fraction of sp³-hybridized carbons (Fsp3) is 0.259. The van der Waals surface area contributed by atoms with Crippen molar-refractivity contribution in [2.75, 3.05) is 42.5 Å². The minimum atomic E-state index is 0.0870. The number of fused-ring (bicyclic) bond motifs is 1. The molecule has 2 amide bonds. The lowest BCUT2D eigenvalue weighted by atomic mass is 10.00. The first-order chi connectivity index (χ1) is 15.6. The van der Waals surface area contributed by atoms with Gasteiger partial charge in [0.1, 0.15) is 0 Å². The van der Waals surface area contributed by atoms with E-state index in [1.54, 1.807) is 6.92 Å². The zero-order chi connectivity index (χ0) is 22.1. The number of piperazine rings is 1. The normalized spacial score (nSPS) is 15.6. The van der Waals surface area contributed by atoms with E-state index in [-0.39, 0.29) is 11.8 Å². The van der Waals surface area contributed by atoms with Crippen molar-refractivity contribution < 1.29 is 9.59 Å². The van der Waals surface area contributed by atoms with Gasteiger partial charge in [0.25, 0.3) is 5.91 Å². The van der Waals surface area contributed by atoms with Gasteiger partial charge in [-0.3, -0.25) is 9.59 Å². The van der Waals surface area contributed by atoms with Gasteiger partial charge in [-0.2, -0.15) is 0 Å². The van der Waals surface area contributed by atoms with E-state index < -0.39 is 0 Å². The summed E-state index contributed by atoms with van der Waals surface area (Å²) in [4.78, 5) is 30.9. The SMILES string of the molecule is CC(=O)N1CCc2cc(-c3ccc(C(=O)N4CCN(c5ccccc5)CC4)cc3)ccc21. The molecule has 0 N–H and O–H groups in total. The molecule has 3 aromatic rings. The number of hydrogen-bond donors (Lipinski definition) is 0. The summed E-state index contributed by atoms with van der Waals surface area (Å²) in [5.41, 5.74) is 6.36. The van der Waals surface area contributed by atoms with Crippen LogP contribution in [0, 0.1) is 0 Å². The summed E-state index contributed by atoms with van der Waals surface area (Å²) in [6.45, 7) is 5.51. The molecule has 0 atom stereocenters. The molecule has 162 valence electrons. The van der Waals surface area contributed by atoms with E-state index in [4.69, 9.17) is 0 Å². The van der Waals surface area contributed by atoms with Gasteiger partial charge in [0.15, 0.2) is 0 Å². The lowest BCUT2D eigenvalue weighted by molar-refractivity contribution is -0.116. The molecule has 0 spiro atoms. The van der Waals surface area contributed by atoms with Gasteiger partial charge in [0.05, 0.1) is 0 Å². The predicted octanol–water partition coefficient (Wildman–Crippen LogP) is 4.23. The van der Waals surface area contributed by atoms with Gasteiger partial charge in [-0.15, -0.1) is 0 Å². The first-order valence-corrected chi connectivity index (χ1v) is 11.2. The third-order valence-electron chi connectivity index (χ3n) is 6.51. The monoisotopic (exact) mass is 425 g/mol. The quantitative estimate of drug-likeness (QED) is 0.631. The second kappa shape index (κ2) is 8.50. The van der Waals surface area contributed by atoms with Crippen LogP contribution in [0.5, 0.6) is 0 Å². The van der Waals surface area contributed by atoms with E-state index in [1.807, 2.05) is 46.2 Å². The number of rotatable bonds is 3. The van der Waals surface area contributed by atoms with Crippen molar-refractivity contribution in [1.82, 2.24) is 4.90 Å². The molecule has 5 rings (SSSR count). The van der Waals surface area contributed by atoms with Gasteiger partial charge in [0, 0.05) is 56.6 Å². The van der Waals surface area contributed by atoms with E-state index >= 15 is 0 Å². The van der Waals surface area contributed by atoms with Gasteiger partial charge < -0.3 is 14.7 Å². The molecule has 5 heteroatoms. The molecule has 2 aliphatic rings. The third kappa shape index (κ3) is 3.86. The number of benzene rings is 3. The summed E-state index contributed by atoms with van der Waals surface area (Å²) in [7, 11) is 0. The standard InChI is InChI=1S/C27H27N3O2/c1-20(31)30-14-13-24-19-23(11-12-26(24)30)21-7-9-22(10-8-21)27(32)29-17-15-28(16-18-29)25-5-3-2-4-6-25/h2-12,19H,13-18H2,1H3. The van der Waals surface area contributed by atoms with Crippen molar-refractivity contribution >= 4 is 23.2 Å². The Kier molecular flexibility index (Phi) is 5.39. The third-order valence-corrected chi connectivity index (χ3v) is 6.51. The Morgan fingerprint density at radius 1 is 0.750 bits per heavy atom. The Bertz CT molecular complexity index is 1130. The predicted molar refractivity (Wildman–Crippen MR) is 128 cm³/mol. The molecular formula is C27H27N3O2. The molecule has 0 aliphatic carbocycles. The van der Waals surface area contributed by atoms with Crippen LogP contribution in [-0.4, -0.2) is 49.4 Å². The fourth-order valence-electron chi connectivity index (χ4n) is 4.70. The van der Waals surface area contributed by atoms with E-state index in [1.165, 1.54) is 11.3 Å². The van der Waals surface area contributed by atoms with E-state index in [0.717, 1.165) is 61.5 Å². The van der Waals surface area contributed by atoms with Crippen LogP contribution in [0.25, 0.3) is 11.1 Å². The van der Waals surface area contributed by atoms with Crippen molar-refractivity contribution in [3.8, 4) is 11.1 Å². The van der Waals surface area contributed by atoms with Crippen LogP contribution in [0.3, 0.4) is 0 Å². The molecular weight excluding hydrogens is 398 g/mol. The highest BCUT2D eigenvalue weighted by Crippen LogP contribution is 2.32. The van der Waals surface area contributed by atoms with Crippen molar-refractivity contribution in [3.05, 3.63) is 83.9 Å². The highest BCUT2D eigenvalue weighted by atomic mass is 16.2. The van der Waals surface area contributed by atoms with Crippen LogP contribution < -0.4 is 9.80 Å². The van der Waals surface area contributed by atoms with Crippen molar-refractivity contribution in [2.45, 2.75) is 13.3 Å². The summed E-state index contributed by atoms with van der Waals surface area (Å²) >= 11 is 0. The maximum Gasteiger partial charge on any atom is 0.253 e. The van der Waals surface area contributed by atoms with Crippen LogP contribution in [0.2, 0.25) is 0 Å². The van der Waals surface area contributed by atoms with Gasteiger partial charge >= 0.3 is 0 Å². The summed E-state index contributed by atoms with van der Waals surface area (Å²) < 4.78 is 0. The second-order valence-electron chi connectivity index (χ2n) is 8.46. The lowest BCUT2D eigenvalue weighted by Crippen LogP contribution is -2.48. The van der Waals surface area contributed by atoms with Gasteiger partial charge in [-0.05, 0) is 59.5 Å². The highest BCUT2D eigenvalue weighted by molar-refractivity contribution is 5.95. The van der Waals surface area contributed by atoms with Crippen LogP contribution >= 0.6 is 0 Å². The van der Waals surface area contributed by atoms with Crippen LogP contribution in [0.15, 0.2) is 72.8 Å². The molecule has 2 heterocycles. The van der Waals surface area contributed by atoms with Crippen LogP contribution in [-0.2, 0) is 11.2 Å². The molecule has 0 radical (unpaired) electrons. The number of anilines is 2. The number of nitrogens with zero attached hydrogens (tertiary/aromatic N) is 3. The zero-order valence-electron chi connectivity index (χ0n) is 18.3. The lowest BCUT2D eigenvalue weighted by Gasteiger charge is -2.36. The van der Waals surface area contributed by atoms with Crippen molar-refractivity contribution in [1.29, 1.82) is 0 Å². The Morgan fingerprint density at radius 2 is 1.44 bits per heavy atom. The van der Waals surface area contributed by atoms with E-state index in [0.29, 0.717) is 0 Å². The molecule has 1 fully saturated rings. The molecule has 0 bridgehead atoms. The van der Waals surface area contributed by atoms with Gasteiger partial charge in [-0.25, -0.2) is 0 Å². The topological polar surface area (TPSA) is 43.9 Å². The number of carbonyl (C=O) groups excluding carboxylic acids is 2. The molecule has 0 unspecified atom stereocenters. The average Bonchev–Trinajstić information content (AvgIpc) is 3.28. The second-order valence-corrected chi connectivity index (χ2v) is 8.46. The Morgan fingerprint density at radius 3 is 2.12 bits per heavy atom. The summed E-state index contributed by atoms with van der Waals surface area (Å²) in [6, 6.07) is 24.5. The number of para-hydroxylation sites is 1. The number of amides is 2. The average molecular weight is 426 g/mol. The Balaban J connectivity index is 1.25. The molecule has 1 saturated heterocycles. The smallest absolute Gasteiger partial charge is 0.253 e. The highest BCUT2D eigenvalue weighted by Gasteiger charge is 2.24. The Hall–Kier alpha value is -3.60. The van der Waals surface area contributed by atoms with Crippen molar-refractivity contribution in [2.24, 2.45) is 0 Å². The van der Waals surface area contributed by atoms with Crippen LogP contribution in [0.4, 0.5) is 11.4 Å². The summed E-state index contributed by atoms with van der Waals surface area (Å²) in [6.07, 6.45) is 0.883. The Labute approximate surface area is 188 Å². The first-order valence-electron chi connectivity index (χ1n) is 11.2. The molecule has 0 saturated carbocycles. The van der Waals surface area contributed by atoms with Gasteiger partial charge in [-0.1, -0.05) is 36.4 Å². The first kappa shape index (κ1) is 20.3. The summed E-state index contributed by atoms with van der Waals surface area (Å²) in [5.74, 6) is 0.180. The minimum Gasteiger partial charge on any atom is -0.368 e. The zero-order valence-corrected chi connectivity index (χ0v) is 18.3. The maximum absolute atomic E-state index is 13.0. The molecule has 32 heavy (non-hydrogen) atoms.